The van der Waals surface area contributed by atoms with Crippen molar-refractivity contribution >= 4 is 17.6 Å². The SMILES string of the molecule is O=[N+]([O-])c1ccc([NH+]=Cc2ccccc2)cc1. The maximum Gasteiger partial charge on any atom is 0.269 e. The van der Waals surface area contributed by atoms with Crippen LogP contribution in [0.4, 0.5) is 11.4 Å². The number of nitrogens with one attached hydrogen (secondary N) is 1. The summed E-state index contributed by atoms with van der Waals surface area (Å²) in [5.74, 6) is 0. The Morgan fingerprint density at radius 1 is 1.00 bits per heavy atom. The molecule has 0 heterocycles. The molecular formula is C13H11N2O2+. The topological polar surface area (TPSA) is 57.1 Å². The predicted octanol–water partition coefficient (Wildman–Crippen LogP) is 1.43. The molecule has 84 valence electrons. The molecule has 4 heteroatoms. The van der Waals surface area contributed by atoms with Crippen molar-refractivity contribution in [1.82, 2.24) is 0 Å². The van der Waals surface area contributed by atoms with Crippen LogP contribution >= 0.6 is 0 Å². The van der Waals surface area contributed by atoms with E-state index in [2.05, 4.69) is 4.99 Å². The lowest BCUT2D eigenvalue weighted by atomic mass is 10.2. The summed E-state index contributed by atoms with van der Waals surface area (Å²) in [6, 6.07) is 16.1. The normalized spacial score (nSPS) is 10.6. The molecule has 0 aliphatic rings. The van der Waals surface area contributed by atoms with Gasteiger partial charge < -0.3 is 0 Å². The van der Waals surface area contributed by atoms with Gasteiger partial charge in [0.2, 0.25) is 5.69 Å². The van der Waals surface area contributed by atoms with Crippen LogP contribution in [-0.4, -0.2) is 11.1 Å². The molecule has 0 aliphatic carbocycles. The lowest BCUT2D eigenvalue weighted by Gasteiger charge is -1.89. The number of benzene rings is 2. The summed E-state index contributed by atoms with van der Waals surface area (Å²) >= 11 is 0. The maximum atomic E-state index is 10.5. The number of nitro benzene ring substituents is 1. The monoisotopic (exact) mass is 227 g/mol. The molecule has 1 N–H and O–H groups in total. The van der Waals surface area contributed by atoms with Gasteiger partial charge in [0.15, 0.2) is 6.21 Å². The molecular weight excluding hydrogens is 216 g/mol. The summed E-state index contributed by atoms with van der Waals surface area (Å²) in [5, 5.41) is 10.5. The van der Waals surface area contributed by atoms with Gasteiger partial charge >= 0.3 is 0 Å². The van der Waals surface area contributed by atoms with Gasteiger partial charge in [0.1, 0.15) is 0 Å². The van der Waals surface area contributed by atoms with E-state index in [1.54, 1.807) is 12.1 Å². The van der Waals surface area contributed by atoms with Gasteiger partial charge in [-0.3, -0.25) is 10.1 Å². The second-order valence-corrected chi connectivity index (χ2v) is 3.50. The van der Waals surface area contributed by atoms with Crippen molar-refractivity contribution in [3.8, 4) is 0 Å². The number of hydrogen-bond acceptors (Lipinski definition) is 2. The number of rotatable bonds is 3. The number of nitrogens with zero attached hydrogens (tertiary/aromatic N) is 1. The molecule has 0 amide bonds. The van der Waals surface area contributed by atoms with Crippen LogP contribution in [0.5, 0.6) is 0 Å². The second-order valence-electron chi connectivity index (χ2n) is 3.50. The van der Waals surface area contributed by atoms with Crippen molar-refractivity contribution < 1.29 is 9.92 Å². The van der Waals surface area contributed by atoms with Crippen molar-refractivity contribution in [2.24, 2.45) is 0 Å². The molecule has 0 radical (unpaired) electrons. The predicted molar refractivity (Wildman–Crippen MR) is 65.3 cm³/mol. The molecule has 0 bridgehead atoms. The molecule has 0 aromatic heterocycles. The van der Waals surface area contributed by atoms with E-state index in [-0.39, 0.29) is 5.69 Å². The average molecular weight is 227 g/mol. The van der Waals surface area contributed by atoms with Crippen molar-refractivity contribution in [3.05, 3.63) is 70.3 Å². The highest BCUT2D eigenvalue weighted by Crippen LogP contribution is 2.11. The van der Waals surface area contributed by atoms with E-state index in [1.165, 1.54) is 12.1 Å². The summed E-state index contributed by atoms with van der Waals surface area (Å²) in [6.45, 7) is 0. The smallest absolute Gasteiger partial charge is 0.258 e. The number of hydrogen-bond donors (Lipinski definition) is 1. The molecule has 2 rings (SSSR count). The zero-order chi connectivity index (χ0) is 12.1. The Hall–Kier alpha value is -2.49. The van der Waals surface area contributed by atoms with Gasteiger partial charge in [-0.25, -0.2) is 4.99 Å². The highest BCUT2D eigenvalue weighted by molar-refractivity contribution is 5.75. The largest absolute Gasteiger partial charge is 0.269 e. The minimum Gasteiger partial charge on any atom is -0.258 e. The third kappa shape index (κ3) is 2.98. The van der Waals surface area contributed by atoms with Crippen LogP contribution in [0.2, 0.25) is 0 Å². The van der Waals surface area contributed by atoms with Gasteiger partial charge in [-0.05, 0) is 12.1 Å². The molecule has 0 atom stereocenters. The summed E-state index contributed by atoms with van der Waals surface area (Å²) in [6.07, 6.45) is 1.85. The molecule has 17 heavy (non-hydrogen) atoms. The van der Waals surface area contributed by atoms with Gasteiger partial charge in [-0.15, -0.1) is 0 Å². The summed E-state index contributed by atoms with van der Waals surface area (Å²) in [7, 11) is 0. The third-order valence-corrected chi connectivity index (χ3v) is 2.28. The molecule has 2 aromatic carbocycles. The van der Waals surface area contributed by atoms with Crippen molar-refractivity contribution in [1.29, 1.82) is 0 Å². The van der Waals surface area contributed by atoms with E-state index >= 15 is 0 Å². The molecule has 2 aromatic rings. The fourth-order valence-corrected chi connectivity index (χ4v) is 1.40. The van der Waals surface area contributed by atoms with Gasteiger partial charge in [-0.1, -0.05) is 18.2 Å². The molecule has 4 nitrogen and oxygen atoms in total. The van der Waals surface area contributed by atoms with E-state index in [1.807, 2.05) is 36.5 Å². The van der Waals surface area contributed by atoms with E-state index in [0.717, 1.165) is 11.3 Å². The number of non-ortho nitro benzene ring substituents is 1. The Balaban J connectivity index is 2.14. The second kappa shape index (κ2) is 5.03. The third-order valence-electron chi connectivity index (χ3n) is 2.28. The van der Waals surface area contributed by atoms with E-state index in [9.17, 15) is 10.1 Å². The Morgan fingerprint density at radius 3 is 2.24 bits per heavy atom. The van der Waals surface area contributed by atoms with E-state index in [4.69, 9.17) is 0 Å². The molecule has 0 unspecified atom stereocenters. The fourth-order valence-electron chi connectivity index (χ4n) is 1.40. The molecule has 0 saturated heterocycles. The summed E-state index contributed by atoms with van der Waals surface area (Å²) in [4.78, 5) is 13.1. The summed E-state index contributed by atoms with van der Waals surface area (Å²) < 4.78 is 0. The van der Waals surface area contributed by atoms with Gasteiger partial charge in [0.05, 0.1) is 4.92 Å². The van der Waals surface area contributed by atoms with Crippen LogP contribution in [0, 0.1) is 10.1 Å². The Kier molecular flexibility index (Phi) is 3.25. The zero-order valence-electron chi connectivity index (χ0n) is 9.04. The standard InChI is InChI=1S/C13H10N2O2/c16-15(17)13-8-6-12(7-9-13)14-10-11-4-2-1-3-5-11/h1-10H/p+1. The van der Waals surface area contributed by atoms with Gasteiger partial charge in [-0.2, -0.15) is 0 Å². The molecule has 0 aliphatic heterocycles. The van der Waals surface area contributed by atoms with Gasteiger partial charge in [0.25, 0.3) is 5.69 Å². The minimum absolute atomic E-state index is 0.0928. The van der Waals surface area contributed by atoms with Crippen LogP contribution in [0.15, 0.2) is 54.6 Å². The van der Waals surface area contributed by atoms with Crippen LogP contribution in [-0.2, 0) is 0 Å². The lowest BCUT2D eigenvalue weighted by molar-refractivity contribution is -0.385. The fraction of sp³-hybridized carbons (Fsp3) is 0. The first-order chi connectivity index (χ1) is 8.25. The average Bonchev–Trinajstić information content (AvgIpc) is 2.38. The Labute approximate surface area is 98.4 Å². The zero-order valence-corrected chi connectivity index (χ0v) is 9.04. The first-order valence-electron chi connectivity index (χ1n) is 5.15. The van der Waals surface area contributed by atoms with Crippen LogP contribution in [0.1, 0.15) is 5.56 Å². The van der Waals surface area contributed by atoms with E-state index < -0.39 is 4.92 Å². The molecule has 0 fully saturated rings. The first kappa shape index (κ1) is 11.0. The summed E-state index contributed by atoms with van der Waals surface area (Å²) in [5.41, 5.74) is 1.96. The molecule has 0 saturated carbocycles. The van der Waals surface area contributed by atoms with Crippen LogP contribution in [0.3, 0.4) is 0 Å². The van der Waals surface area contributed by atoms with Crippen molar-refractivity contribution in [2.45, 2.75) is 0 Å². The Bertz CT molecular complexity index is 533. The minimum atomic E-state index is -0.412. The van der Waals surface area contributed by atoms with Crippen molar-refractivity contribution in [2.75, 3.05) is 0 Å². The van der Waals surface area contributed by atoms with E-state index in [0.29, 0.717) is 0 Å². The Morgan fingerprint density at radius 2 is 1.65 bits per heavy atom. The highest BCUT2D eigenvalue weighted by Gasteiger charge is 2.04. The quantitative estimate of drug-likeness (QED) is 0.490. The number of nitro groups is 1. The highest BCUT2D eigenvalue weighted by atomic mass is 16.6. The maximum absolute atomic E-state index is 10.5. The first-order valence-corrected chi connectivity index (χ1v) is 5.15. The van der Waals surface area contributed by atoms with Crippen LogP contribution in [0.25, 0.3) is 0 Å². The molecule has 0 spiro atoms. The van der Waals surface area contributed by atoms with Crippen molar-refractivity contribution in [3.63, 3.8) is 0 Å². The van der Waals surface area contributed by atoms with Crippen LogP contribution < -0.4 is 4.99 Å². The lowest BCUT2D eigenvalue weighted by Crippen LogP contribution is -2.61. The van der Waals surface area contributed by atoms with Gasteiger partial charge in [0, 0.05) is 29.8 Å².